The van der Waals surface area contributed by atoms with E-state index in [1.54, 1.807) is 0 Å². The number of hydrogen-bond donors (Lipinski definition) is 3. The van der Waals surface area contributed by atoms with Crippen molar-refractivity contribution in [3.05, 3.63) is 65.7 Å². The van der Waals surface area contributed by atoms with Crippen LogP contribution in [-0.2, 0) is 16.0 Å². The van der Waals surface area contributed by atoms with Crippen molar-refractivity contribution >= 4 is 17.6 Å². The lowest BCUT2D eigenvalue weighted by Gasteiger charge is -2.18. The molecule has 0 radical (unpaired) electrons. The Bertz CT molecular complexity index is 742. The molecule has 2 rings (SSSR count). The first-order valence-electron chi connectivity index (χ1n) is 7.86. The van der Waals surface area contributed by atoms with Gasteiger partial charge in [0.2, 0.25) is 5.91 Å². The summed E-state index contributed by atoms with van der Waals surface area (Å²) >= 11 is 0. The molecule has 0 spiro atoms. The summed E-state index contributed by atoms with van der Waals surface area (Å²) in [4.78, 5) is 35.8. The largest absolute Gasteiger partial charge is 0.508 e. The highest BCUT2D eigenvalue weighted by molar-refractivity contribution is 5.98. The predicted octanol–water partition coefficient (Wildman–Crippen LogP) is 1.44. The van der Waals surface area contributed by atoms with Crippen molar-refractivity contribution in [1.82, 2.24) is 10.6 Å². The van der Waals surface area contributed by atoms with Crippen LogP contribution in [-0.4, -0.2) is 35.3 Å². The summed E-state index contributed by atoms with van der Waals surface area (Å²) in [7, 11) is 0. The maximum absolute atomic E-state index is 12.4. The monoisotopic (exact) mass is 340 g/mol. The van der Waals surface area contributed by atoms with Gasteiger partial charge in [-0.25, -0.2) is 0 Å². The van der Waals surface area contributed by atoms with E-state index in [9.17, 15) is 19.5 Å². The number of Topliss-reactive ketones (excluding diaryl/α,β-unsaturated/α-hetero) is 1. The van der Waals surface area contributed by atoms with Crippen LogP contribution in [0.5, 0.6) is 5.75 Å². The van der Waals surface area contributed by atoms with Crippen LogP contribution in [0.1, 0.15) is 22.8 Å². The molecule has 0 aliphatic carbocycles. The molecule has 0 bridgehead atoms. The van der Waals surface area contributed by atoms with E-state index in [4.69, 9.17) is 0 Å². The third-order valence-electron chi connectivity index (χ3n) is 3.55. The van der Waals surface area contributed by atoms with Crippen molar-refractivity contribution in [2.24, 2.45) is 0 Å². The van der Waals surface area contributed by atoms with Crippen LogP contribution < -0.4 is 10.6 Å². The fourth-order valence-electron chi connectivity index (χ4n) is 2.25. The number of ketones is 1. The van der Waals surface area contributed by atoms with Crippen molar-refractivity contribution in [1.29, 1.82) is 0 Å². The van der Waals surface area contributed by atoms with E-state index in [0.29, 0.717) is 12.0 Å². The summed E-state index contributed by atoms with van der Waals surface area (Å²) in [5.74, 6) is -0.974. The molecule has 0 aromatic heterocycles. The Labute approximate surface area is 145 Å². The van der Waals surface area contributed by atoms with Gasteiger partial charge >= 0.3 is 0 Å². The molecule has 1 unspecified atom stereocenters. The number of nitrogens with one attached hydrogen (secondary N) is 2. The summed E-state index contributed by atoms with van der Waals surface area (Å²) in [5.41, 5.74) is 1.21. The van der Waals surface area contributed by atoms with E-state index < -0.39 is 17.9 Å². The molecule has 2 aromatic rings. The molecular weight excluding hydrogens is 320 g/mol. The summed E-state index contributed by atoms with van der Waals surface area (Å²) in [5, 5.41) is 14.5. The zero-order valence-corrected chi connectivity index (χ0v) is 13.9. The van der Waals surface area contributed by atoms with E-state index in [2.05, 4.69) is 10.6 Å². The molecular formula is C19H20N2O4. The highest BCUT2D eigenvalue weighted by Crippen LogP contribution is 2.10. The minimum atomic E-state index is -0.817. The molecule has 0 fully saturated rings. The van der Waals surface area contributed by atoms with Gasteiger partial charge < -0.3 is 15.7 Å². The Morgan fingerprint density at radius 3 is 2.24 bits per heavy atom. The number of amides is 2. The van der Waals surface area contributed by atoms with Gasteiger partial charge in [-0.1, -0.05) is 30.3 Å². The Balaban J connectivity index is 2.12. The highest BCUT2D eigenvalue weighted by Gasteiger charge is 2.22. The van der Waals surface area contributed by atoms with E-state index >= 15 is 0 Å². The average Bonchev–Trinajstić information content (AvgIpc) is 2.60. The molecule has 2 amide bonds. The van der Waals surface area contributed by atoms with Gasteiger partial charge in [-0.2, -0.15) is 0 Å². The van der Waals surface area contributed by atoms with E-state index in [1.807, 2.05) is 30.3 Å². The maximum Gasteiger partial charge on any atom is 0.251 e. The average molecular weight is 340 g/mol. The van der Waals surface area contributed by atoms with Crippen molar-refractivity contribution in [3.63, 3.8) is 0 Å². The van der Waals surface area contributed by atoms with Crippen LogP contribution in [0.4, 0.5) is 0 Å². The smallest absolute Gasteiger partial charge is 0.251 e. The lowest BCUT2D eigenvalue weighted by Crippen LogP contribution is -2.48. The number of carbonyl (C=O) groups excluding carboxylic acids is 3. The van der Waals surface area contributed by atoms with Crippen LogP contribution in [0.25, 0.3) is 0 Å². The summed E-state index contributed by atoms with van der Waals surface area (Å²) in [6.45, 7) is 1.29. The van der Waals surface area contributed by atoms with Crippen LogP contribution in [0, 0.1) is 0 Å². The van der Waals surface area contributed by atoms with Crippen LogP contribution in [0.3, 0.4) is 0 Å². The SMILES string of the molecule is CC(=O)CNC(=O)C(Cc1ccccc1)NC(=O)c1ccc(O)cc1. The lowest BCUT2D eigenvalue weighted by atomic mass is 10.0. The van der Waals surface area contributed by atoms with E-state index in [-0.39, 0.29) is 18.1 Å². The van der Waals surface area contributed by atoms with Crippen LogP contribution >= 0.6 is 0 Å². The number of carbonyl (C=O) groups is 3. The first kappa shape index (κ1) is 18.2. The Morgan fingerprint density at radius 2 is 1.64 bits per heavy atom. The van der Waals surface area contributed by atoms with Gasteiger partial charge in [-0.15, -0.1) is 0 Å². The molecule has 0 saturated carbocycles. The second-order valence-electron chi connectivity index (χ2n) is 5.68. The van der Waals surface area contributed by atoms with Gasteiger partial charge in [0.05, 0.1) is 6.54 Å². The van der Waals surface area contributed by atoms with Crippen LogP contribution in [0.15, 0.2) is 54.6 Å². The van der Waals surface area contributed by atoms with Gasteiger partial charge in [0.1, 0.15) is 17.6 Å². The topological polar surface area (TPSA) is 95.5 Å². The first-order chi connectivity index (χ1) is 12.0. The minimum Gasteiger partial charge on any atom is -0.508 e. The molecule has 0 aliphatic rings. The summed E-state index contributed by atoms with van der Waals surface area (Å²) in [6, 6.07) is 14.2. The van der Waals surface area contributed by atoms with Gasteiger partial charge in [0, 0.05) is 12.0 Å². The quantitative estimate of drug-likeness (QED) is 0.711. The maximum atomic E-state index is 12.4. The fourth-order valence-corrected chi connectivity index (χ4v) is 2.25. The number of rotatable bonds is 7. The fraction of sp³-hybridized carbons (Fsp3) is 0.211. The van der Waals surface area contributed by atoms with Gasteiger partial charge in [-0.3, -0.25) is 14.4 Å². The standard InChI is InChI=1S/C19H20N2O4/c1-13(22)12-20-19(25)17(11-14-5-3-2-4-6-14)21-18(24)15-7-9-16(23)10-8-15/h2-10,17,23H,11-12H2,1H3,(H,20,25)(H,21,24). The van der Waals surface area contributed by atoms with Gasteiger partial charge in [0.15, 0.2) is 0 Å². The number of hydrogen-bond acceptors (Lipinski definition) is 4. The second kappa shape index (κ2) is 8.63. The van der Waals surface area contributed by atoms with Crippen molar-refractivity contribution in [2.75, 3.05) is 6.54 Å². The third-order valence-corrected chi connectivity index (χ3v) is 3.55. The number of aromatic hydroxyl groups is 1. The minimum absolute atomic E-state index is 0.0524. The molecule has 6 nitrogen and oxygen atoms in total. The van der Waals surface area contributed by atoms with Crippen molar-refractivity contribution < 1.29 is 19.5 Å². The predicted molar refractivity (Wildman–Crippen MR) is 93.2 cm³/mol. The van der Waals surface area contributed by atoms with E-state index in [0.717, 1.165) is 5.56 Å². The Kier molecular flexibility index (Phi) is 6.28. The molecule has 6 heteroatoms. The third kappa shape index (κ3) is 5.76. The van der Waals surface area contributed by atoms with Crippen molar-refractivity contribution in [2.45, 2.75) is 19.4 Å². The molecule has 0 saturated heterocycles. The Hall–Kier alpha value is -3.15. The zero-order chi connectivity index (χ0) is 18.2. The summed E-state index contributed by atoms with van der Waals surface area (Å²) < 4.78 is 0. The first-order valence-corrected chi connectivity index (χ1v) is 7.86. The molecule has 0 aliphatic heterocycles. The molecule has 3 N–H and O–H groups in total. The lowest BCUT2D eigenvalue weighted by molar-refractivity contribution is -0.125. The highest BCUT2D eigenvalue weighted by atomic mass is 16.3. The normalized spacial score (nSPS) is 11.4. The van der Waals surface area contributed by atoms with E-state index in [1.165, 1.54) is 31.2 Å². The number of benzene rings is 2. The molecule has 1 atom stereocenters. The van der Waals surface area contributed by atoms with Gasteiger partial charge in [-0.05, 0) is 36.8 Å². The van der Waals surface area contributed by atoms with Gasteiger partial charge in [0.25, 0.3) is 5.91 Å². The molecule has 2 aromatic carbocycles. The van der Waals surface area contributed by atoms with Crippen LogP contribution in [0.2, 0.25) is 0 Å². The van der Waals surface area contributed by atoms with Crippen molar-refractivity contribution in [3.8, 4) is 5.75 Å². The number of phenols is 1. The second-order valence-corrected chi connectivity index (χ2v) is 5.68. The molecule has 130 valence electrons. The zero-order valence-electron chi connectivity index (χ0n) is 13.9. The molecule has 0 heterocycles. The Morgan fingerprint density at radius 1 is 1.00 bits per heavy atom. The summed E-state index contributed by atoms with van der Waals surface area (Å²) in [6.07, 6.45) is 0.300. The molecule has 25 heavy (non-hydrogen) atoms. The number of phenolic OH excluding ortho intramolecular Hbond substituents is 1.